The van der Waals surface area contributed by atoms with Crippen LogP contribution in [0.2, 0.25) is 0 Å². The Kier molecular flexibility index (Phi) is 6.38. The van der Waals surface area contributed by atoms with E-state index in [4.69, 9.17) is 13.9 Å². The summed E-state index contributed by atoms with van der Waals surface area (Å²) in [6.45, 7) is 8.40. The molecule has 9 heteroatoms. The second-order valence-electron chi connectivity index (χ2n) is 8.25. The van der Waals surface area contributed by atoms with E-state index >= 15 is 0 Å². The van der Waals surface area contributed by atoms with Crippen LogP contribution >= 0.6 is 0 Å². The van der Waals surface area contributed by atoms with Gasteiger partial charge in [-0.15, -0.1) is 0 Å². The minimum Gasteiger partial charge on any atom is -0.480 e. The Bertz CT molecular complexity index is 1280. The van der Waals surface area contributed by atoms with Crippen LogP contribution < -0.4 is 16.3 Å². The molecule has 0 radical (unpaired) electrons. The molecule has 32 heavy (non-hydrogen) atoms. The fourth-order valence-corrected chi connectivity index (χ4v) is 3.66. The summed E-state index contributed by atoms with van der Waals surface area (Å²) in [4.78, 5) is 48.2. The SMILES string of the molecule is Cc1coc2c(C)c3oc(=O)c(CC(=O)NCC(=O)N[C@H](C(=O)O)C(C)C)c(C)c3cc12. The largest absolute Gasteiger partial charge is 0.480 e. The summed E-state index contributed by atoms with van der Waals surface area (Å²) in [7, 11) is 0. The first-order valence-corrected chi connectivity index (χ1v) is 10.2. The molecule has 9 nitrogen and oxygen atoms in total. The molecule has 3 N–H and O–H groups in total. The molecular formula is C23H26N2O7. The first-order chi connectivity index (χ1) is 15.0. The van der Waals surface area contributed by atoms with Crippen molar-refractivity contribution in [2.45, 2.75) is 47.1 Å². The average Bonchev–Trinajstić information content (AvgIpc) is 3.09. The van der Waals surface area contributed by atoms with Crippen molar-refractivity contribution < 1.29 is 28.3 Å². The van der Waals surface area contributed by atoms with Gasteiger partial charge >= 0.3 is 11.6 Å². The molecular weight excluding hydrogens is 416 g/mol. The zero-order valence-corrected chi connectivity index (χ0v) is 18.6. The van der Waals surface area contributed by atoms with Gasteiger partial charge in [0.2, 0.25) is 11.8 Å². The summed E-state index contributed by atoms with van der Waals surface area (Å²) in [6, 6.07) is 0.822. The van der Waals surface area contributed by atoms with E-state index in [9.17, 15) is 19.2 Å². The molecule has 1 aromatic carbocycles. The standard InChI is InChI=1S/C23H26N2O7/c1-10(2)19(22(28)29)25-18(27)8-24-17(26)7-16-12(4)15-6-14-11(3)9-31-20(14)13(5)21(15)32-23(16)30/h6,9-10,19H,7-8H2,1-5H3,(H,24,26)(H,25,27)(H,28,29)/t19-/m0/s1. The third-order valence-corrected chi connectivity index (χ3v) is 5.57. The average molecular weight is 442 g/mol. The first-order valence-electron chi connectivity index (χ1n) is 10.2. The lowest BCUT2D eigenvalue weighted by atomic mass is 9.99. The lowest BCUT2D eigenvalue weighted by Gasteiger charge is -2.18. The molecule has 0 bridgehead atoms. The van der Waals surface area contributed by atoms with Gasteiger partial charge in [0.05, 0.1) is 24.8 Å². The van der Waals surface area contributed by atoms with Crippen molar-refractivity contribution in [3.05, 3.63) is 45.0 Å². The van der Waals surface area contributed by atoms with Gasteiger partial charge in [-0.3, -0.25) is 9.59 Å². The van der Waals surface area contributed by atoms with Crippen molar-refractivity contribution in [3.8, 4) is 0 Å². The molecule has 2 amide bonds. The van der Waals surface area contributed by atoms with E-state index in [0.717, 1.165) is 10.9 Å². The number of carbonyl (C=O) groups is 3. The second-order valence-corrected chi connectivity index (χ2v) is 8.25. The summed E-state index contributed by atoms with van der Waals surface area (Å²) < 4.78 is 11.1. The number of carboxylic acids is 1. The second kappa shape index (κ2) is 8.86. The number of aliphatic carboxylic acids is 1. The monoisotopic (exact) mass is 442 g/mol. The summed E-state index contributed by atoms with van der Waals surface area (Å²) >= 11 is 0. The highest BCUT2D eigenvalue weighted by atomic mass is 16.4. The summed E-state index contributed by atoms with van der Waals surface area (Å²) in [5.74, 6) is -2.65. The Morgan fingerprint density at radius 3 is 2.34 bits per heavy atom. The molecule has 0 fully saturated rings. The predicted molar refractivity (Wildman–Crippen MR) is 118 cm³/mol. The smallest absolute Gasteiger partial charge is 0.340 e. The maximum absolute atomic E-state index is 12.6. The quantitative estimate of drug-likeness (QED) is 0.477. The Morgan fingerprint density at radius 1 is 1.03 bits per heavy atom. The fraction of sp³-hybridized carbons (Fsp3) is 0.391. The van der Waals surface area contributed by atoms with Gasteiger partial charge in [0.25, 0.3) is 0 Å². The minimum atomic E-state index is -1.15. The van der Waals surface area contributed by atoms with Crippen molar-refractivity contribution in [2.75, 3.05) is 6.54 Å². The molecule has 0 saturated carbocycles. The summed E-state index contributed by atoms with van der Waals surface area (Å²) in [6.07, 6.45) is 1.36. The number of hydrogen-bond acceptors (Lipinski definition) is 6. The van der Waals surface area contributed by atoms with Crippen molar-refractivity contribution in [1.82, 2.24) is 10.6 Å². The van der Waals surface area contributed by atoms with Crippen LogP contribution in [0.3, 0.4) is 0 Å². The van der Waals surface area contributed by atoms with Crippen LogP contribution in [-0.2, 0) is 20.8 Å². The number of benzene rings is 1. The number of carboxylic acid groups (broad SMARTS) is 1. The van der Waals surface area contributed by atoms with Gasteiger partial charge in [0.15, 0.2) is 0 Å². The number of aryl methyl sites for hydroxylation is 3. The number of amides is 2. The molecule has 1 atom stereocenters. The van der Waals surface area contributed by atoms with Gasteiger partial charge in [0, 0.05) is 16.3 Å². The van der Waals surface area contributed by atoms with E-state index in [1.165, 1.54) is 0 Å². The Hall–Kier alpha value is -3.62. The number of carbonyl (C=O) groups excluding carboxylic acids is 2. The molecule has 3 aromatic rings. The number of fused-ring (bicyclic) bond motifs is 2. The number of furan rings is 1. The Morgan fingerprint density at radius 2 is 1.72 bits per heavy atom. The highest BCUT2D eigenvalue weighted by molar-refractivity contribution is 6.00. The van der Waals surface area contributed by atoms with Crippen molar-refractivity contribution in [2.24, 2.45) is 5.92 Å². The third kappa shape index (κ3) is 4.37. The zero-order chi connectivity index (χ0) is 23.7. The van der Waals surface area contributed by atoms with Crippen LogP contribution in [0.1, 0.15) is 36.1 Å². The lowest BCUT2D eigenvalue weighted by Crippen LogP contribution is -2.48. The van der Waals surface area contributed by atoms with Crippen LogP contribution in [-0.4, -0.2) is 35.5 Å². The third-order valence-electron chi connectivity index (χ3n) is 5.57. The predicted octanol–water partition coefficient (Wildman–Crippen LogP) is 2.35. The van der Waals surface area contributed by atoms with E-state index < -0.39 is 36.0 Å². The molecule has 0 unspecified atom stereocenters. The Labute approximate surface area is 183 Å². The highest BCUT2D eigenvalue weighted by Crippen LogP contribution is 2.32. The van der Waals surface area contributed by atoms with E-state index in [-0.39, 0.29) is 17.9 Å². The molecule has 0 spiro atoms. The molecule has 0 aliphatic carbocycles. The van der Waals surface area contributed by atoms with Crippen molar-refractivity contribution in [1.29, 1.82) is 0 Å². The molecule has 0 aliphatic heterocycles. The topological polar surface area (TPSA) is 139 Å². The van der Waals surface area contributed by atoms with Crippen LogP contribution in [0, 0.1) is 26.7 Å². The molecule has 3 rings (SSSR count). The fourth-order valence-electron chi connectivity index (χ4n) is 3.66. The van der Waals surface area contributed by atoms with Crippen molar-refractivity contribution >= 4 is 39.7 Å². The van der Waals surface area contributed by atoms with Crippen molar-refractivity contribution in [3.63, 3.8) is 0 Å². The lowest BCUT2D eigenvalue weighted by molar-refractivity contribution is -0.143. The van der Waals surface area contributed by atoms with Crippen LogP contribution in [0.5, 0.6) is 0 Å². The highest BCUT2D eigenvalue weighted by Gasteiger charge is 2.24. The van der Waals surface area contributed by atoms with Crippen LogP contribution in [0.4, 0.5) is 0 Å². The molecule has 2 heterocycles. The van der Waals surface area contributed by atoms with Gasteiger partial charge < -0.3 is 24.6 Å². The maximum Gasteiger partial charge on any atom is 0.340 e. The number of hydrogen-bond donors (Lipinski definition) is 3. The van der Waals surface area contributed by atoms with Gasteiger partial charge in [-0.05, 0) is 43.9 Å². The normalized spacial score (nSPS) is 12.3. The van der Waals surface area contributed by atoms with Crippen LogP contribution in [0.25, 0.3) is 21.9 Å². The summed E-state index contributed by atoms with van der Waals surface area (Å²) in [5.41, 5.74) is 2.89. The Balaban J connectivity index is 1.80. The van der Waals surface area contributed by atoms with Gasteiger partial charge in [0.1, 0.15) is 17.2 Å². The van der Waals surface area contributed by atoms with Gasteiger partial charge in [-0.25, -0.2) is 9.59 Å². The van der Waals surface area contributed by atoms with Gasteiger partial charge in [-0.1, -0.05) is 13.8 Å². The van der Waals surface area contributed by atoms with Gasteiger partial charge in [-0.2, -0.15) is 0 Å². The van der Waals surface area contributed by atoms with Crippen LogP contribution in [0.15, 0.2) is 26.0 Å². The van der Waals surface area contributed by atoms with E-state index in [1.54, 1.807) is 27.0 Å². The molecule has 0 aliphatic rings. The molecule has 170 valence electrons. The molecule has 2 aromatic heterocycles. The minimum absolute atomic E-state index is 0.195. The number of nitrogens with one attached hydrogen (secondary N) is 2. The summed E-state index contributed by atoms with van der Waals surface area (Å²) in [5, 5.41) is 15.5. The maximum atomic E-state index is 12.6. The van der Waals surface area contributed by atoms with E-state index in [2.05, 4.69) is 10.6 Å². The van der Waals surface area contributed by atoms with E-state index in [0.29, 0.717) is 27.7 Å². The number of rotatable bonds is 7. The molecule has 0 saturated heterocycles. The first kappa shape index (κ1) is 23.1. The van der Waals surface area contributed by atoms with E-state index in [1.807, 2.05) is 19.9 Å². The zero-order valence-electron chi connectivity index (χ0n) is 18.6.